The van der Waals surface area contributed by atoms with Crippen LogP contribution in [0.5, 0.6) is 11.5 Å². The molecule has 0 radical (unpaired) electrons. The Kier molecular flexibility index (Phi) is 9.38. The highest BCUT2D eigenvalue weighted by Gasteiger charge is 2.45. The van der Waals surface area contributed by atoms with Crippen LogP contribution in [0.25, 0.3) is 6.08 Å². The normalized spacial score (nSPS) is 15.0. The Bertz CT molecular complexity index is 1970. The van der Waals surface area contributed by atoms with Crippen LogP contribution < -0.4 is 24.4 Å². The fourth-order valence-electron chi connectivity index (χ4n) is 4.65. The predicted molar refractivity (Wildman–Crippen MR) is 161 cm³/mol. The molecule has 0 spiro atoms. The lowest BCUT2D eigenvalue weighted by Gasteiger charge is -2.26. The van der Waals surface area contributed by atoms with Crippen molar-refractivity contribution < 1.29 is 36.6 Å². The minimum absolute atomic E-state index is 0.0115. The van der Waals surface area contributed by atoms with Gasteiger partial charge in [0.1, 0.15) is 12.4 Å². The number of aromatic nitrogens is 1. The summed E-state index contributed by atoms with van der Waals surface area (Å²) in [4.78, 5) is 30.3. The smallest absolute Gasteiger partial charge is 0.434 e. The molecule has 0 N–H and O–H groups in total. The number of hydrogen-bond acceptors (Lipinski definition) is 7. The zero-order chi connectivity index (χ0) is 32.5. The lowest BCUT2D eigenvalue weighted by molar-refractivity contribution is -0.140. The molecule has 1 aliphatic heterocycles. The molecular formula is C31H22Cl2F4N2O5S. The van der Waals surface area contributed by atoms with E-state index >= 15 is 0 Å². The third kappa shape index (κ3) is 6.77. The summed E-state index contributed by atoms with van der Waals surface area (Å²) in [5.41, 5.74) is -1.73. The van der Waals surface area contributed by atoms with Gasteiger partial charge in [-0.3, -0.25) is 9.36 Å². The highest BCUT2D eigenvalue weighted by atomic mass is 35.5. The molecule has 2 heterocycles. The van der Waals surface area contributed by atoms with Crippen LogP contribution in [-0.2, 0) is 16.1 Å². The highest BCUT2D eigenvalue weighted by Crippen LogP contribution is 2.39. The van der Waals surface area contributed by atoms with Gasteiger partial charge in [-0.1, -0.05) is 58.8 Å². The van der Waals surface area contributed by atoms with E-state index in [4.69, 9.17) is 37.4 Å². The SMILES string of the molecule is CCOC(=O)C1=C(C(F)(F)F)N=c2s/c(=C\c3cc(Cl)c(OCc4ccc(F)cc4)c(OC)c3)c(=O)n2[C@H]1c1ccc(Cl)cc1. The van der Waals surface area contributed by atoms with E-state index < -0.39 is 40.8 Å². The van der Waals surface area contributed by atoms with Crippen LogP contribution in [0, 0.1) is 5.82 Å². The van der Waals surface area contributed by atoms with E-state index in [0.29, 0.717) is 27.5 Å². The van der Waals surface area contributed by atoms with Gasteiger partial charge >= 0.3 is 12.1 Å². The molecule has 234 valence electrons. The summed E-state index contributed by atoms with van der Waals surface area (Å²) in [5, 5.41) is 0.429. The first kappa shape index (κ1) is 32.3. The highest BCUT2D eigenvalue weighted by molar-refractivity contribution is 7.07. The van der Waals surface area contributed by atoms with E-state index in [0.717, 1.165) is 4.57 Å². The summed E-state index contributed by atoms with van der Waals surface area (Å²) in [6.07, 6.45) is -3.62. The molecule has 0 amide bonds. The van der Waals surface area contributed by atoms with Crippen molar-refractivity contribution in [2.24, 2.45) is 4.99 Å². The summed E-state index contributed by atoms with van der Waals surface area (Å²) in [5.74, 6) is -1.24. The summed E-state index contributed by atoms with van der Waals surface area (Å²) in [6, 6.07) is 13.0. The fourth-order valence-corrected chi connectivity index (χ4v) is 6.05. The molecule has 1 atom stereocenters. The predicted octanol–water partition coefficient (Wildman–Crippen LogP) is 6.37. The molecule has 1 aliphatic rings. The molecule has 1 aromatic heterocycles. The first-order valence-corrected chi connectivity index (χ1v) is 14.8. The van der Waals surface area contributed by atoms with Crippen molar-refractivity contribution in [2.75, 3.05) is 13.7 Å². The molecule has 0 aliphatic carbocycles. The number of benzene rings is 3. The number of esters is 1. The molecule has 4 aromatic rings. The number of halogens is 6. The molecule has 14 heteroatoms. The van der Waals surface area contributed by atoms with Crippen LogP contribution in [0.4, 0.5) is 17.6 Å². The minimum atomic E-state index is -5.04. The number of nitrogens with zero attached hydrogens (tertiary/aromatic N) is 2. The molecule has 45 heavy (non-hydrogen) atoms. The largest absolute Gasteiger partial charge is 0.493 e. The third-order valence-electron chi connectivity index (χ3n) is 6.63. The second-order valence-corrected chi connectivity index (χ2v) is 11.4. The first-order chi connectivity index (χ1) is 21.4. The number of ether oxygens (including phenoxy) is 3. The van der Waals surface area contributed by atoms with Gasteiger partial charge in [-0.15, -0.1) is 0 Å². The Hall–Kier alpha value is -4.13. The average Bonchev–Trinajstić information content (AvgIpc) is 3.30. The maximum atomic E-state index is 14.3. The summed E-state index contributed by atoms with van der Waals surface area (Å²) in [6.45, 7) is 1.32. The fraction of sp³-hybridized carbons (Fsp3) is 0.194. The zero-order valence-corrected chi connectivity index (χ0v) is 25.8. The zero-order valence-electron chi connectivity index (χ0n) is 23.5. The third-order valence-corrected chi connectivity index (χ3v) is 8.14. The topological polar surface area (TPSA) is 79.1 Å². The Labute approximate surface area is 267 Å². The number of hydrogen-bond donors (Lipinski definition) is 0. The first-order valence-electron chi connectivity index (χ1n) is 13.2. The number of fused-ring (bicyclic) bond motifs is 1. The Morgan fingerprint density at radius 2 is 1.78 bits per heavy atom. The van der Waals surface area contributed by atoms with E-state index in [9.17, 15) is 27.2 Å². The second-order valence-electron chi connectivity index (χ2n) is 9.56. The lowest BCUT2D eigenvalue weighted by atomic mass is 9.95. The van der Waals surface area contributed by atoms with Gasteiger partial charge < -0.3 is 14.2 Å². The van der Waals surface area contributed by atoms with E-state index in [-0.39, 0.29) is 44.6 Å². The van der Waals surface area contributed by atoms with Crippen molar-refractivity contribution in [3.8, 4) is 11.5 Å². The van der Waals surface area contributed by atoms with Crippen molar-refractivity contribution in [2.45, 2.75) is 25.7 Å². The standard InChI is InChI=1S/C31H22Cl2F4N2O5S/c1-3-43-29(41)24-25(18-6-8-19(32)9-7-18)39-28(40)23(45-30(39)38-27(24)31(35,36)37)14-17-12-21(33)26(22(13-17)42-2)44-15-16-4-10-20(34)11-5-16/h4-14,25H,3,15H2,1-2H3/b23-14-/t25-/m0/s1. The average molecular weight is 681 g/mol. The van der Waals surface area contributed by atoms with E-state index in [1.54, 1.807) is 12.1 Å². The molecule has 0 saturated carbocycles. The maximum absolute atomic E-state index is 14.3. The van der Waals surface area contributed by atoms with Crippen LogP contribution in [0.15, 0.2) is 81.7 Å². The Balaban J connectivity index is 1.63. The van der Waals surface area contributed by atoms with Gasteiger partial charge in [0.25, 0.3) is 5.56 Å². The number of thiazole rings is 1. The Morgan fingerprint density at radius 3 is 2.40 bits per heavy atom. The van der Waals surface area contributed by atoms with Crippen molar-refractivity contribution >= 4 is 46.6 Å². The number of alkyl halides is 3. The number of methoxy groups -OCH3 is 1. The molecule has 7 nitrogen and oxygen atoms in total. The van der Waals surface area contributed by atoms with Gasteiger partial charge in [-0.05, 0) is 66.1 Å². The molecule has 0 bridgehead atoms. The van der Waals surface area contributed by atoms with Crippen LogP contribution in [0.3, 0.4) is 0 Å². The van der Waals surface area contributed by atoms with Crippen molar-refractivity contribution in [1.82, 2.24) is 4.57 Å². The van der Waals surface area contributed by atoms with Gasteiger partial charge in [0.05, 0.1) is 34.9 Å². The van der Waals surface area contributed by atoms with Crippen LogP contribution in [0.1, 0.15) is 29.7 Å². The summed E-state index contributed by atoms with van der Waals surface area (Å²) < 4.78 is 73.5. The number of rotatable bonds is 8. The molecule has 5 rings (SSSR count). The molecule has 0 unspecified atom stereocenters. The van der Waals surface area contributed by atoms with E-state index in [1.165, 1.54) is 68.6 Å². The van der Waals surface area contributed by atoms with E-state index in [1.807, 2.05) is 0 Å². The number of carbonyl (C=O) groups is 1. The summed E-state index contributed by atoms with van der Waals surface area (Å²) >= 11 is 13.2. The quantitative estimate of drug-likeness (QED) is 0.160. The lowest BCUT2D eigenvalue weighted by Crippen LogP contribution is -2.41. The van der Waals surface area contributed by atoms with Gasteiger partial charge in [-0.25, -0.2) is 14.2 Å². The number of allylic oxidation sites excluding steroid dienone is 1. The molecule has 3 aromatic carbocycles. The molecule has 0 fully saturated rings. The maximum Gasteiger partial charge on any atom is 0.434 e. The van der Waals surface area contributed by atoms with Crippen LogP contribution >= 0.6 is 34.5 Å². The monoisotopic (exact) mass is 680 g/mol. The van der Waals surface area contributed by atoms with Crippen LogP contribution in [-0.4, -0.2) is 30.4 Å². The molecule has 0 saturated heterocycles. The van der Waals surface area contributed by atoms with Gasteiger partial charge in [0, 0.05) is 5.02 Å². The van der Waals surface area contributed by atoms with Gasteiger partial charge in [0.2, 0.25) is 0 Å². The van der Waals surface area contributed by atoms with Crippen LogP contribution in [0.2, 0.25) is 10.0 Å². The van der Waals surface area contributed by atoms with Gasteiger partial charge in [0.15, 0.2) is 22.0 Å². The number of carbonyl (C=O) groups excluding carboxylic acids is 1. The minimum Gasteiger partial charge on any atom is -0.493 e. The second kappa shape index (κ2) is 13.1. The van der Waals surface area contributed by atoms with E-state index in [2.05, 4.69) is 4.99 Å². The molecular weight excluding hydrogens is 659 g/mol. The summed E-state index contributed by atoms with van der Waals surface area (Å²) in [7, 11) is 1.38. The van der Waals surface area contributed by atoms with Crippen molar-refractivity contribution in [1.29, 1.82) is 0 Å². The van der Waals surface area contributed by atoms with Crippen molar-refractivity contribution in [3.63, 3.8) is 0 Å². The Morgan fingerprint density at radius 1 is 1.09 bits per heavy atom. The van der Waals surface area contributed by atoms with Gasteiger partial charge in [-0.2, -0.15) is 13.2 Å². The van der Waals surface area contributed by atoms with Crippen molar-refractivity contribution in [3.05, 3.63) is 124 Å².